The lowest BCUT2D eigenvalue weighted by Gasteiger charge is -2.27. The van der Waals surface area contributed by atoms with Gasteiger partial charge in [-0.2, -0.15) is 0 Å². The van der Waals surface area contributed by atoms with Crippen LogP contribution in [0, 0.1) is 6.92 Å². The number of anilines is 3. The summed E-state index contributed by atoms with van der Waals surface area (Å²) < 4.78 is 6.86. The van der Waals surface area contributed by atoms with E-state index in [-0.39, 0.29) is 5.41 Å². The Labute approximate surface area is 326 Å². The Morgan fingerprint density at radius 3 is 1.68 bits per heavy atom. The Hall–Kier alpha value is -6.90. The first-order valence-electron chi connectivity index (χ1n) is 19.5. The predicted molar refractivity (Wildman–Crippen MR) is 237 cm³/mol. The summed E-state index contributed by atoms with van der Waals surface area (Å²) >= 11 is 0. The third-order valence-electron chi connectivity index (χ3n) is 12.1. The third-order valence-corrected chi connectivity index (χ3v) is 12.1. The van der Waals surface area contributed by atoms with Crippen LogP contribution >= 0.6 is 0 Å². The molecule has 0 fully saturated rings. The maximum Gasteiger partial charge on any atom is 0.143 e. The first kappa shape index (κ1) is 32.5. The molecule has 0 bridgehead atoms. The summed E-state index contributed by atoms with van der Waals surface area (Å²) in [5, 5.41) is 7.09. The summed E-state index contributed by atoms with van der Waals surface area (Å²) in [6.07, 6.45) is 0. The highest BCUT2D eigenvalue weighted by atomic mass is 16.3. The van der Waals surface area contributed by atoms with Gasteiger partial charge in [-0.3, -0.25) is 0 Å². The van der Waals surface area contributed by atoms with E-state index in [1.54, 1.807) is 0 Å². The van der Waals surface area contributed by atoms with E-state index >= 15 is 0 Å². The van der Waals surface area contributed by atoms with E-state index < -0.39 is 0 Å². The van der Waals surface area contributed by atoms with Gasteiger partial charge in [-0.05, 0) is 104 Å². The van der Waals surface area contributed by atoms with Crippen molar-refractivity contribution in [1.29, 1.82) is 0 Å². The fraction of sp³-hybridized carbons (Fsp3) is 0.0741. The van der Waals surface area contributed by atoms with Crippen molar-refractivity contribution in [3.05, 3.63) is 199 Å². The Balaban J connectivity index is 1.06. The first-order valence-corrected chi connectivity index (χ1v) is 19.5. The molecule has 0 saturated carbocycles. The Kier molecular flexibility index (Phi) is 7.15. The molecule has 1 aliphatic rings. The summed E-state index contributed by atoms with van der Waals surface area (Å²) in [5.41, 5.74) is 16.5. The molecule has 0 unspecified atom stereocenters. The second kappa shape index (κ2) is 12.3. The van der Waals surface area contributed by atoms with Gasteiger partial charge in [-0.15, -0.1) is 0 Å². The maximum absolute atomic E-state index is 6.86. The van der Waals surface area contributed by atoms with Crippen molar-refractivity contribution in [3.8, 4) is 33.4 Å². The Morgan fingerprint density at radius 2 is 0.964 bits per heavy atom. The molecular formula is C54H39NO. The number of rotatable bonds is 5. The van der Waals surface area contributed by atoms with Crippen LogP contribution < -0.4 is 4.90 Å². The molecule has 10 aromatic rings. The Bertz CT molecular complexity index is 3150. The normalized spacial score (nSPS) is 13.1. The number of aryl methyl sites for hydroxylation is 1. The third kappa shape index (κ3) is 4.89. The molecule has 2 nitrogen and oxygen atoms in total. The molecule has 0 radical (unpaired) electrons. The summed E-state index contributed by atoms with van der Waals surface area (Å²) in [6.45, 7) is 6.85. The van der Waals surface area contributed by atoms with Crippen LogP contribution in [0.5, 0.6) is 0 Å². The van der Waals surface area contributed by atoms with Crippen molar-refractivity contribution in [1.82, 2.24) is 0 Å². The molecule has 2 heteroatoms. The fourth-order valence-electron chi connectivity index (χ4n) is 9.41. The van der Waals surface area contributed by atoms with Gasteiger partial charge in [-0.25, -0.2) is 0 Å². The van der Waals surface area contributed by atoms with Crippen molar-refractivity contribution < 1.29 is 4.42 Å². The molecule has 0 aliphatic heterocycles. The zero-order valence-electron chi connectivity index (χ0n) is 31.7. The van der Waals surface area contributed by atoms with Crippen LogP contribution in [0.25, 0.3) is 76.9 Å². The van der Waals surface area contributed by atoms with Crippen LogP contribution in [-0.4, -0.2) is 0 Å². The van der Waals surface area contributed by atoms with Gasteiger partial charge in [0.15, 0.2) is 0 Å². The van der Waals surface area contributed by atoms with Crippen LogP contribution in [0.3, 0.4) is 0 Å². The smallest absolute Gasteiger partial charge is 0.143 e. The van der Waals surface area contributed by atoms with E-state index in [4.69, 9.17) is 4.42 Å². The number of hydrogen-bond donors (Lipinski definition) is 0. The standard InChI is InChI=1S/C54H39NO/c1-34-19-21-35(22-20-34)36-23-27-38(28-24-36)55(39-29-25-37(26-30-39)41-16-10-17-46-44-13-8-9-18-49(44)54(2,3)52(41)46)40-31-32-48-50(33-40)56-53-47-15-7-5-12-43(47)42-11-4-6-14-45(42)51(48)53/h4-33H,1-3H3. The van der Waals surface area contributed by atoms with E-state index in [0.29, 0.717) is 0 Å². The van der Waals surface area contributed by atoms with Crippen LogP contribution in [0.4, 0.5) is 17.1 Å². The largest absolute Gasteiger partial charge is 0.455 e. The second-order valence-electron chi connectivity index (χ2n) is 15.8. The predicted octanol–water partition coefficient (Wildman–Crippen LogP) is 15.3. The summed E-state index contributed by atoms with van der Waals surface area (Å²) in [6, 6.07) is 66.4. The van der Waals surface area contributed by atoms with Gasteiger partial charge in [0.1, 0.15) is 11.2 Å². The summed E-state index contributed by atoms with van der Waals surface area (Å²) in [7, 11) is 0. The molecule has 1 heterocycles. The van der Waals surface area contributed by atoms with E-state index in [2.05, 4.69) is 208 Å². The minimum absolute atomic E-state index is 0.0922. The summed E-state index contributed by atoms with van der Waals surface area (Å²) in [4.78, 5) is 2.35. The SMILES string of the molecule is Cc1ccc(-c2ccc(N(c3ccc(-c4cccc5c4C(C)(C)c4ccccc4-5)cc3)c3ccc4c(c3)oc3c5ccccc5c5ccccc5c43)cc2)cc1. The lowest BCUT2D eigenvalue weighted by molar-refractivity contribution is 0.662. The average Bonchev–Trinajstić information content (AvgIpc) is 3.74. The minimum atomic E-state index is -0.0922. The Morgan fingerprint density at radius 1 is 0.429 bits per heavy atom. The van der Waals surface area contributed by atoms with Gasteiger partial charge >= 0.3 is 0 Å². The van der Waals surface area contributed by atoms with E-state index in [1.165, 1.54) is 71.6 Å². The van der Waals surface area contributed by atoms with Crippen LogP contribution in [0.2, 0.25) is 0 Å². The molecule has 1 aliphatic carbocycles. The quantitative estimate of drug-likeness (QED) is 0.165. The van der Waals surface area contributed by atoms with E-state index in [1.807, 2.05) is 0 Å². The van der Waals surface area contributed by atoms with Crippen molar-refractivity contribution in [3.63, 3.8) is 0 Å². The van der Waals surface area contributed by atoms with Gasteiger partial charge in [0.25, 0.3) is 0 Å². The molecule has 0 atom stereocenters. The molecule has 0 amide bonds. The van der Waals surface area contributed by atoms with Crippen molar-refractivity contribution >= 4 is 60.5 Å². The molecule has 0 saturated heterocycles. The van der Waals surface area contributed by atoms with Crippen LogP contribution in [-0.2, 0) is 5.41 Å². The second-order valence-corrected chi connectivity index (χ2v) is 15.8. The van der Waals surface area contributed by atoms with Gasteiger partial charge < -0.3 is 9.32 Å². The molecule has 0 spiro atoms. The molecule has 11 rings (SSSR count). The van der Waals surface area contributed by atoms with Crippen molar-refractivity contribution in [2.45, 2.75) is 26.2 Å². The zero-order chi connectivity index (χ0) is 37.5. The first-order chi connectivity index (χ1) is 27.4. The highest BCUT2D eigenvalue weighted by molar-refractivity contribution is 6.30. The lowest BCUT2D eigenvalue weighted by atomic mass is 9.79. The van der Waals surface area contributed by atoms with Gasteiger partial charge in [0, 0.05) is 44.7 Å². The fourth-order valence-corrected chi connectivity index (χ4v) is 9.41. The van der Waals surface area contributed by atoms with Gasteiger partial charge in [0.2, 0.25) is 0 Å². The van der Waals surface area contributed by atoms with E-state index in [0.717, 1.165) is 39.0 Å². The molecular weight excluding hydrogens is 679 g/mol. The van der Waals surface area contributed by atoms with Crippen molar-refractivity contribution in [2.75, 3.05) is 4.90 Å². The summed E-state index contributed by atoms with van der Waals surface area (Å²) in [5.74, 6) is 0. The highest BCUT2D eigenvalue weighted by Gasteiger charge is 2.37. The van der Waals surface area contributed by atoms with Crippen LogP contribution in [0.1, 0.15) is 30.5 Å². The number of furan rings is 1. The van der Waals surface area contributed by atoms with Gasteiger partial charge in [-0.1, -0.05) is 159 Å². The zero-order valence-corrected chi connectivity index (χ0v) is 31.7. The average molecular weight is 718 g/mol. The topological polar surface area (TPSA) is 16.4 Å². The molecule has 56 heavy (non-hydrogen) atoms. The number of fused-ring (bicyclic) bond motifs is 11. The number of benzene rings is 9. The lowest BCUT2D eigenvalue weighted by Crippen LogP contribution is -2.16. The molecule has 1 aromatic heterocycles. The number of nitrogens with zero attached hydrogens (tertiary/aromatic N) is 1. The monoisotopic (exact) mass is 717 g/mol. The molecule has 9 aromatic carbocycles. The molecule has 266 valence electrons. The highest BCUT2D eigenvalue weighted by Crippen LogP contribution is 2.52. The maximum atomic E-state index is 6.86. The van der Waals surface area contributed by atoms with E-state index in [9.17, 15) is 0 Å². The minimum Gasteiger partial charge on any atom is -0.455 e. The molecule has 0 N–H and O–H groups in total. The van der Waals surface area contributed by atoms with Crippen LogP contribution in [0.15, 0.2) is 186 Å². The van der Waals surface area contributed by atoms with Crippen molar-refractivity contribution in [2.24, 2.45) is 0 Å². The number of hydrogen-bond acceptors (Lipinski definition) is 2. The van der Waals surface area contributed by atoms with Gasteiger partial charge in [0.05, 0.1) is 0 Å².